The molecule has 0 bridgehead atoms. The average Bonchev–Trinajstić information content (AvgIpc) is 3.87. The van der Waals surface area contributed by atoms with Crippen molar-refractivity contribution in [2.24, 2.45) is 5.92 Å². The maximum Gasteiger partial charge on any atom is 0.352 e. The molecule has 5 N–H and O–H groups in total. The van der Waals surface area contributed by atoms with Gasteiger partial charge >= 0.3 is 29.8 Å². The second-order valence-corrected chi connectivity index (χ2v) is 13.5. The number of amides is 5. The summed E-state index contributed by atoms with van der Waals surface area (Å²) >= 11 is 6.29. The molecule has 1 unspecified atom stereocenters. The van der Waals surface area contributed by atoms with E-state index < -0.39 is 41.6 Å². The van der Waals surface area contributed by atoms with Crippen molar-refractivity contribution in [2.75, 3.05) is 41.7 Å². The number of carboxylic acid groups (broad SMARTS) is 2. The number of tetrazole rings is 1. The highest BCUT2D eigenvalue weighted by atomic mass is 35.5. The van der Waals surface area contributed by atoms with Gasteiger partial charge in [-0.3, -0.25) is 19.2 Å². The molecule has 2 fully saturated rings. The molecule has 0 spiro atoms. The number of piperazine rings is 1. The highest BCUT2D eigenvalue weighted by Gasteiger charge is 2.41. The molecule has 3 aromatic carbocycles. The number of likely N-dealkylation sites (tertiary alicyclic amines) is 1. The summed E-state index contributed by atoms with van der Waals surface area (Å²) in [5.41, 5.74) is 2.64. The zero-order valence-electron chi connectivity index (χ0n) is 28.9. The molecule has 19 heteroatoms. The number of nitrogens with one attached hydrogen (secondary N) is 3. The Labute approximate surface area is 316 Å². The molecular weight excluding hydrogens is 736 g/mol. The molecule has 7 rings (SSSR count). The van der Waals surface area contributed by atoms with Crippen LogP contribution < -0.4 is 15.5 Å². The van der Waals surface area contributed by atoms with E-state index in [1.54, 1.807) is 59.5 Å². The summed E-state index contributed by atoms with van der Waals surface area (Å²) in [5.74, 6) is -4.92. The van der Waals surface area contributed by atoms with E-state index in [0.717, 1.165) is 0 Å². The van der Waals surface area contributed by atoms with Gasteiger partial charge in [0.2, 0.25) is 5.91 Å². The third-order valence-electron chi connectivity index (χ3n) is 9.64. The van der Waals surface area contributed by atoms with E-state index in [1.165, 1.54) is 32.9 Å². The maximum absolute atomic E-state index is 14.1. The molecule has 0 radical (unpaired) electrons. The van der Waals surface area contributed by atoms with Gasteiger partial charge in [0, 0.05) is 59.9 Å². The number of H-pyrrole nitrogens is 1. The van der Waals surface area contributed by atoms with Crippen molar-refractivity contribution in [1.82, 2.24) is 35.0 Å². The molecule has 5 amide bonds. The number of urea groups is 1. The number of hydrogen-bond acceptors (Lipinski definition) is 9. The average molecular weight is 769 g/mol. The molecule has 2 aliphatic rings. The number of aromatic carboxylic acids is 1. The number of aromatic nitrogens is 5. The van der Waals surface area contributed by atoms with E-state index in [-0.39, 0.29) is 31.2 Å². The lowest BCUT2D eigenvalue weighted by atomic mass is 9.97. The standard InChI is InChI=1S/C36H33ClN10O8/c37-23-3-8-28(47-19-38-42-43-47)29(18-23)45-13-14-46(33(50)32(45)49)30(31(48)39-25-6-7-26-22(16-25)17-27(41-26)35(53)54)15-20-1-4-24(5-2-20)40-36(55)44-11-9-21(10-12-44)34(51)52/h1-8,16-19,21,30,41H,9-15H2,(H,39,48)(H,40,55)(H,51,52)(H,53,54). The lowest BCUT2D eigenvalue weighted by Crippen LogP contribution is -2.60. The number of rotatable bonds is 10. The van der Waals surface area contributed by atoms with Crippen LogP contribution in [0.15, 0.2) is 73.1 Å². The first-order valence-electron chi connectivity index (χ1n) is 17.1. The number of halogens is 1. The molecule has 0 aliphatic carbocycles. The van der Waals surface area contributed by atoms with Crippen molar-refractivity contribution in [2.45, 2.75) is 25.3 Å². The summed E-state index contributed by atoms with van der Waals surface area (Å²) in [6.45, 7) is 0.596. The molecule has 2 aliphatic heterocycles. The van der Waals surface area contributed by atoms with Gasteiger partial charge < -0.3 is 40.5 Å². The number of anilines is 3. The predicted octanol–water partition coefficient (Wildman–Crippen LogP) is 3.25. The molecule has 282 valence electrons. The molecule has 2 aromatic heterocycles. The van der Waals surface area contributed by atoms with E-state index in [0.29, 0.717) is 70.2 Å². The number of aromatic amines is 1. The van der Waals surface area contributed by atoms with Crippen molar-refractivity contribution >= 4 is 75.3 Å². The predicted molar refractivity (Wildman–Crippen MR) is 197 cm³/mol. The van der Waals surface area contributed by atoms with Crippen LogP contribution in [0.2, 0.25) is 5.02 Å². The third-order valence-corrected chi connectivity index (χ3v) is 9.88. The van der Waals surface area contributed by atoms with Gasteiger partial charge in [0.05, 0.1) is 17.3 Å². The van der Waals surface area contributed by atoms with Crippen LogP contribution in [0.25, 0.3) is 16.6 Å². The lowest BCUT2D eigenvalue weighted by Gasteiger charge is -2.38. The highest BCUT2D eigenvalue weighted by Crippen LogP contribution is 2.30. The fraction of sp³-hybridized carbons (Fsp3) is 0.250. The number of fused-ring (bicyclic) bond motifs is 1. The number of benzene rings is 3. The van der Waals surface area contributed by atoms with E-state index in [2.05, 4.69) is 31.1 Å². The monoisotopic (exact) mass is 768 g/mol. The number of aliphatic carboxylic acids is 1. The normalized spacial score (nSPS) is 15.6. The van der Waals surface area contributed by atoms with Crippen LogP contribution in [0.3, 0.4) is 0 Å². The Morgan fingerprint density at radius 2 is 1.60 bits per heavy atom. The van der Waals surface area contributed by atoms with Gasteiger partial charge in [-0.15, -0.1) is 5.10 Å². The minimum Gasteiger partial charge on any atom is -0.481 e. The van der Waals surface area contributed by atoms with Crippen LogP contribution in [0.5, 0.6) is 0 Å². The molecule has 18 nitrogen and oxygen atoms in total. The summed E-state index contributed by atoms with van der Waals surface area (Å²) in [6.07, 6.45) is 2.05. The van der Waals surface area contributed by atoms with Crippen molar-refractivity contribution in [3.05, 3.63) is 89.3 Å². The van der Waals surface area contributed by atoms with E-state index in [1.807, 2.05) is 0 Å². The summed E-state index contributed by atoms with van der Waals surface area (Å²) in [7, 11) is 0. The molecule has 5 aromatic rings. The molecule has 2 saturated heterocycles. The Morgan fingerprint density at radius 3 is 2.29 bits per heavy atom. The number of carbonyl (C=O) groups excluding carboxylic acids is 4. The number of piperidine rings is 1. The number of hydrogen-bond donors (Lipinski definition) is 5. The summed E-state index contributed by atoms with van der Waals surface area (Å²) in [5, 5.41) is 36.3. The van der Waals surface area contributed by atoms with E-state index in [4.69, 9.17) is 11.6 Å². The Hall–Kier alpha value is -6.82. The van der Waals surface area contributed by atoms with Gasteiger partial charge in [-0.2, -0.15) is 4.68 Å². The van der Waals surface area contributed by atoms with Crippen LogP contribution in [0.4, 0.5) is 21.9 Å². The molecule has 4 heterocycles. The van der Waals surface area contributed by atoms with Gasteiger partial charge in [-0.05, 0) is 83.4 Å². The van der Waals surface area contributed by atoms with Crippen LogP contribution in [-0.4, -0.2) is 113 Å². The zero-order valence-corrected chi connectivity index (χ0v) is 29.6. The minimum atomic E-state index is -1.18. The third kappa shape index (κ3) is 7.79. The summed E-state index contributed by atoms with van der Waals surface area (Å²) < 4.78 is 1.33. The minimum absolute atomic E-state index is 0.00573. The molecule has 1 atom stereocenters. The van der Waals surface area contributed by atoms with Crippen molar-refractivity contribution < 1.29 is 39.0 Å². The Kier molecular flexibility index (Phi) is 10.1. The second kappa shape index (κ2) is 15.3. The van der Waals surface area contributed by atoms with Crippen LogP contribution in [0.1, 0.15) is 28.9 Å². The number of carbonyl (C=O) groups is 6. The first-order chi connectivity index (χ1) is 26.4. The number of carboxylic acids is 2. The van der Waals surface area contributed by atoms with Crippen LogP contribution in [-0.2, 0) is 25.6 Å². The smallest absolute Gasteiger partial charge is 0.352 e. The highest BCUT2D eigenvalue weighted by molar-refractivity contribution is 6.41. The molecular formula is C36H33ClN10O8. The van der Waals surface area contributed by atoms with Crippen molar-refractivity contribution in [1.29, 1.82) is 0 Å². The zero-order chi connectivity index (χ0) is 38.8. The quantitative estimate of drug-likeness (QED) is 0.129. The van der Waals surface area contributed by atoms with E-state index >= 15 is 0 Å². The molecule has 55 heavy (non-hydrogen) atoms. The van der Waals surface area contributed by atoms with Gasteiger partial charge in [0.15, 0.2) is 0 Å². The fourth-order valence-electron chi connectivity index (χ4n) is 6.73. The lowest BCUT2D eigenvalue weighted by molar-refractivity contribution is -0.149. The fourth-order valence-corrected chi connectivity index (χ4v) is 6.90. The SMILES string of the molecule is O=C(O)c1cc2cc(NC(=O)C(Cc3ccc(NC(=O)N4CCC(C(=O)O)CC4)cc3)N3CCN(c4cc(Cl)ccc4-n4cnnn4)C(=O)C3=O)ccc2[nH]1. The van der Waals surface area contributed by atoms with Crippen LogP contribution >= 0.6 is 11.6 Å². The van der Waals surface area contributed by atoms with Gasteiger partial charge in [0.1, 0.15) is 18.1 Å². The maximum atomic E-state index is 14.1. The van der Waals surface area contributed by atoms with Crippen molar-refractivity contribution in [3.63, 3.8) is 0 Å². The van der Waals surface area contributed by atoms with Crippen LogP contribution in [0, 0.1) is 5.92 Å². The first-order valence-corrected chi connectivity index (χ1v) is 17.5. The van der Waals surface area contributed by atoms with Gasteiger partial charge in [-0.25, -0.2) is 9.59 Å². The molecule has 0 saturated carbocycles. The Morgan fingerprint density at radius 1 is 0.855 bits per heavy atom. The van der Waals surface area contributed by atoms with Gasteiger partial charge in [-0.1, -0.05) is 23.7 Å². The summed E-state index contributed by atoms with van der Waals surface area (Å²) in [6, 6.07) is 16.1. The largest absolute Gasteiger partial charge is 0.481 e. The van der Waals surface area contributed by atoms with E-state index in [9.17, 15) is 39.0 Å². The first kappa shape index (κ1) is 36.5. The summed E-state index contributed by atoms with van der Waals surface area (Å²) in [4.78, 5) is 84.3. The van der Waals surface area contributed by atoms with Crippen molar-refractivity contribution in [3.8, 4) is 5.69 Å². The topological polar surface area (TPSA) is 236 Å². The Balaban J connectivity index is 1.12. The van der Waals surface area contributed by atoms with Gasteiger partial charge in [0.25, 0.3) is 0 Å². The second-order valence-electron chi connectivity index (χ2n) is 13.1. The number of nitrogens with zero attached hydrogens (tertiary/aromatic N) is 7. The Bertz CT molecular complexity index is 2300.